The highest BCUT2D eigenvalue weighted by Crippen LogP contribution is 2.24. The summed E-state index contributed by atoms with van der Waals surface area (Å²) >= 11 is 1.55. The Balaban J connectivity index is 1.86. The third kappa shape index (κ3) is 3.14. The van der Waals surface area contributed by atoms with Gasteiger partial charge in [-0.15, -0.1) is 0 Å². The molecule has 0 fully saturated rings. The average molecular weight is 311 g/mol. The van der Waals surface area contributed by atoms with E-state index in [1.165, 1.54) is 5.56 Å². The number of thioether (sulfide) groups is 1. The van der Waals surface area contributed by atoms with Crippen LogP contribution in [-0.2, 0) is 6.54 Å². The highest BCUT2D eigenvalue weighted by Gasteiger charge is 2.06. The number of aromatic nitrogens is 2. The topological polar surface area (TPSA) is 47.0 Å². The zero-order chi connectivity index (χ0) is 15.4. The Kier molecular flexibility index (Phi) is 4.44. The number of para-hydroxylation sites is 1. The van der Waals surface area contributed by atoms with Gasteiger partial charge in [0.25, 0.3) is 0 Å². The molecule has 1 aromatic heterocycles. The van der Waals surface area contributed by atoms with Crippen LogP contribution in [0.25, 0.3) is 10.9 Å². The molecule has 0 bridgehead atoms. The minimum absolute atomic E-state index is 0.707. The van der Waals surface area contributed by atoms with Gasteiger partial charge in [-0.3, -0.25) is 0 Å². The van der Waals surface area contributed by atoms with E-state index in [-0.39, 0.29) is 0 Å². The summed E-state index contributed by atoms with van der Waals surface area (Å²) in [5, 5.41) is 5.22. The predicted molar refractivity (Wildman–Crippen MR) is 91.6 cm³/mol. The molecule has 0 radical (unpaired) electrons. The van der Waals surface area contributed by atoms with Crippen molar-refractivity contribution >= 4 is 28.5 Å². The van der Waals surface area contributed by atoms with Crippen molar-refractivity contribution in [2.45, 2.75) is 11.7 Å². The van der Waals surface area contributed by atoms with Crippen LogP contribution in [0.3, 0.4) is 0 Å². The van der Waals surface area contributed by atoms with E-state index in [0.29, 0.717) is 6.54 Å². The van der Waals surface area contributed by atoms with E-state index >= 15 is 0 Å². The second-order valence-corrected chi connectivity index (χ2v) is 5.55. The van der Waals surface area contributed by atoms with Crippen molar-refractivity contribution in [3.8, 4) is 5.75 Å². The molecule has 0 unspecified atom stereocenters. The van der Waals surface area contributed by atoms with E-state index in [1.807, 2.05) is 54.8 Å². The maximum atomic E-state index is 5.18. The van der Waals surface area contributed by atoms with Crippen LogP contribution in [0, 0.1) is 0 Å². The summed E-state index contributed by atoms with van der Waals surface area (Å²) in [4.78, 5) is 9.11. The van der Waals surface area contributed by atoms with Crippen LogP contribution >= 0.6 is 11.8 Å². The van der Waals surface area contributed by atoms with Crippen LogP contribution in [0.1, 0.15) is 5.56 Å². The number of benzene rings is 2. The van der Waals surface area contributed by atoms with Crippen LogP contribution in [0.15, 0.2) is 53.7 Å². The first kappa shape index (κ1) is 14.7. The van der Waals surface area contributed by atoms with Gasteiger partial charge in [-0.2, -0.15) is 0 Å². The van der Waals surface area contributed by atoms with Crippen molar-refractivity contribution in [2.24, 2.45) is 0 Å². The minimum Gasteiger partial charge on any atom is -0.497 e. The summed E-state index contributed by atoms with van der Waals surface area (Å²) in [6.07, 6.45) is 1.98. The summed E-state index contributed by atoms with van der Waals surface area (Å²) in [6.45, 7) is 0.707. The van der Waals surface area contributed by atoms with E-state index in [1.54, 1.807) is 18.9 Å². The highest BCUT2D eigenvalue weighted by atomic mass is 32.2. The third-order valence-electron chi connectivity index (χ3n) is 3.38. The van der Waals surface area contributed by atoms with Gasteiger partial charge in [-0.25, -0.2) is 9.97 Å². The van der Waals surface area contributed by atoms with Gasteiger partial charge in [0.2, 0.25) is 0 Å². The number of fused-ring (bicyclic) bond motifs is 1. The smallest absolute Gasteiger partial charge is 0.189 e. The first-order valence-corrected chi connectivity index (χ1v) is 8.20. The molecule has 0 spiro atoms. The lowest BCUT2D eigenvalue weighted by atomic mass is 10.2. The Morgan fingerprint density at radius 2 is 1.82 bits per heavy atom. The molecule has 0 saturated heterocycles. The molecule has 0 saturated carbocycles. The summed E-state index contributed by atoms with van der Waals surface area (Å²) in [6, 6.07) is 16.1. The van der Waals surface area contributed by atoms with Crippen molar-refractivity contribution < 1.29 is 4.74 Å². The lowest BCUT2D eigenvalue weighted by molar-refractivity contribution is 0.414. The molecule has 3 aromatic rings. The van der Waals surface area contributed by atoms with Crippen LogP contribution in [-0.4, -0.2) is 23.3 Å². The number of nitrogens with zero attached hydrogens (tertiary/aromatic N) is 2. The lowest BCUT2D eigenvalue weighted by Gasteiger charge is -2.10. The van der Waals surface area contributed by atoms with Crippen molar-refractivity contribution in [1.82, 2.24) is 9.97 Å². The van der Waals surface area contributed by atoms with E-state index in [0.717, 1.165) is 27.6 Å². The number of nitrogens with one attached hydrogen (secondary N) is 1. The molecular weight excluding hydrogens is 294 g/mol. The molecule has 3 rings (SSSR count). The van der Waals surface area contributed by atoms with E-state index in [4.69, 9.17) is 4.74 Å². The van der Waals surface area contributed by atoms with Crippen molar-refractivity contribution in [2.75, 3.05) is 18.7 Å². The van der Waals surface area contributed by atoms with Crippen LogP contribution in [0.4, 0.5) is 5.82 Å². The van der Waals surface area contributed by atoms with Crippen molar-refractivity contribution in [3.05, 3.63) is 54.1 Å². The molecule has 0 amide bonds. The fraction of sp³-hybridized carbons (Fsp3) is 0.176. The molecule has 0 aliphatic rings. The molecule has 4 nitrogen and oxygen atoms in total. The molecule has 5 heteroatoms. The van der Waals surface area contributed by atoms with Gasteiger partial charge in [-0.05, 0) is 36.1 Å². The summed E-state index contributed by atoms with van der Waals surface area (Å²) in [5.74, 6) is 1.73. The van der Waals surface area contributed by atoms with E-state index < -0.39 is 0 Å². The largest absolute Gasteiger partial charge is 0.497 e. The van der Waals surface area contributed by atoms with Crippen LogP contribution < -0.4 is 10.1 Å². The minimum atomic E-state index is 0.707. The van der Waals surface area contributed by atoms with Gasteiger partial charge in [-0.1, -0.05) is 36.0 Å². The molecule has 1 heterocycles. The van der Waals surface area contributed by atoms with E-state index in [2.05, 4.69) is 15.3 Å². The molecular formula is C17H17N3OS. The van der Waals surface area contributed by atoms with Gasteiger partial charge in [0, 0.05) is 11.9 Å². The van der Waals surface area contributed by atoms with Crippen molar-refractivity contribution in [1.29, 1.82) is 0 Å². The number of ether oxygens (including phenoxy) is 1. The molecule has 2 aromatic carbocycles. The van der Waals surface area contributed by atoms with Gasteiger partial charge in [0.15, 0.2) is 5.16 Å². The molecule has 1 N–H and O–H groups in total. The molecule has 112 valence electrons. The van der Waals surface area contributed by atoms with Gasteiger partial charge < -0.3 is 10.1 Å². The second kappa shape index (κ2) is 6.66. The maximum Gasteiger partial charge on any atom is 0.189 e. The Labute approximate surface area is 133 Å². The van der Waals surface area contributed by atoms with Crippen LogP contribution in [0.2, 0.25) is 0 Å². The number of methoxy groups -OCH3 is 1. The Morgan fingerprint density at radius 1 is 1.05 bits per heavy atom. The summed E-state index contributed by atoms with van der Waals surface area (Å²) in [7, 11) is 1.67. The first-order valence-electron chi connectivity index (χ1n) is 6.97. The quantitative estimate of drug-likeness (QED) is 0.570. The van der Waals surface area contributed by atoms with Crippen LogP contribution in [0.5, 0.6) is 5.75 Å². The highest BCUT2D eigenvalue weighted by molar-refractivity contribution is 7.98. The van der Waals surface area contributed by atoms with Gasteiger partial charge in [0.1, 0.15) is 11.6 Å². The Morgan fingerprint density at radius 3 is 2.55 bits per heavy atom. The Hall–Kier alpha value is -2.27. The van der Waals surface area contributed by atoms with E-state index in [9.17, 15) is 0 Å². The predicted octanol–water partition coefficient (Wildman–Crippen LogP) is 3.97. The van der Waals surface area contributed by atoms with Gasteiger partial charge >= 0.3 is 0 Å². The monoisotopic (exact) mass is 311 g/mol. The average Bonchev–Trinajstić information content (AvgIpc) is 2.59. The van der Waals surface area contributed by atoms with Gasteiger partial charge in [0.05, 0.1) is 12.6 Å². The Bertz CT molecular complexity index is 774. The lowest BCUT2D eigenvalue weighted by Crippen LogP contribution is -2.03. The molecule has 0 aliphatic heterocycles. The zero-order valence-corrected chi connectivity index (χ0v) is 13.4. The normalized spacial score (nSPS) is 10.6. The summed E-state index contributed by atoms with van der Waals surface area (Å²) in [5.41, 5.74) is 2.13. The van der Waals surface area contributed by atoms with Crippen molar-refractivity contribution in [3.63, 3.8) is 0 Å². The third-order valence-corrected chi connectivity index (χ3v) is 3.93. The summed E-state index contributed by atoms with van der Waals surface area (Å²) < 4.78 is 5.18. The number of rotatable bonds is 5. The zero-order valence-electron chi connectivity index (χ0n) is 12.5. The number of hydrogen-bond donors (Lipinski definition) is 1. The SMILES string of the molecule is COc1ccc(CNc2nc(SC)nc3ccccc23)cc1. The molecule has 0 atom stereocenters. The second-order valence-electron chi connectivity index (χ2n) is 4.78. The number of hydrogen-bond acceptors (Lipinski definition) is 5. The number of anilines is 1. The molecule has 0 aliphatic carbocycles. The standard InChI is InChI=1S/C17H17N3OS/c1-21-13-9-7-12(8-10-13)11-18-16-14-5-3-4-6-15(14)19-17(20-16)22-2/h3-10H,11H2,1-2H3,(H,18,19,20). The maximum absolute atomic E-state index is 5.18. The fourth-order valence-corrected chi connectivity index (χ4v) is 2.58. The molecule has 22 heavy (non-hydrogen) atoms. The fourth-order valence-electron chi connectivity index (χ4n) is 2.21. The first-order chi connectivity index (χ1) is 10.8.